The molecule has 5 heterocycles. The predicted molar refractivity (Wildman–Crippen MR) is 616 cm³/mol. The minimum Gasteiger partial charge on any atom is -0.324 e. The van der Waals surface area contributed by atoms with Crippen LogP contribution in [-0.2, 0) is 6.42 Å². The van der Waals surface area contributed by atoms with Crippen LogP contribution in [0.25, 0.3) is 0 Å². The first-order valence-corrected chi connectivity index (χ1v) is 49.3. The Bertz CT molecular complexity index is 7320. The molecule has 0 saturated carbocycles. The van der Waals surface area contributed by atoms with Gasteiger partial charge < -0.3 is 79.8 Å². The summed E-state index contributed by atoms with van der Waals surface area (Å²) in [5.41, 5.74) is 28.8. The van der Waals surface area contributed by atoms with E-state index in [0.717, 1.165) is 108 Å². The molecule has 20 aromatic rings. The number of anilines is 30. The minimum absolute atomic E-state index is 0.377. The van der Waals surface area contributed by atoms with Gasteiger partial charge in [0.15, 0.2) is 0 Å². The van der Waals surface area contributed by atoms with Gasteiger partial charge in [-0.1, -0.05) is 275 Å². The number of halogens is 1. The van der Waals surface area contributed by atoms with Gasteiger partial charge in [0.05, 0.1) is 10.7 Å². The van der Waals surface area contributed by atoms with E-state index in [1.807, 2.05) is 406 Å². The summed E-state index contributed by atoms with van der Waals surface area (Å²) in [6.07, 6.45) is 0.914. The average molecular weight is 2000 g/mol. The van der Waals surface area contributed by atoms with Crippen molar-refractivity contribution in [1.29, 1.82) is 0 Å². The molecule has 30 nitrogen and oxygen atoms in total. The molecule has 750 valence electrons. The number of hydrogen-bond donors (Lipinski definition) is 15. The zero-order valence-corrected chi connectivity index (χ0v) is 86.3. The van der Waals surface area contributed by atoms with Gasteiger partial charge in [-0.25, -0.2) is 0 Å². The third-order valence-electron chi connectivity index (χ3n) is 22.9. The van der Waals surface area contributed by atoms with E-state index in [4.69, 9.17) is 11.6 Å². The van der Waals surface area contributed by atoms with Crippen LogP contribution in [0.3, 0.4) is 0 Å². The largest absolute Gasteiger partial charge is 0.324 e. The lowest BCUT2D eigenvalue weighted by Gasteiger charge is -2.13. The molecule has 0 aliphatic heterocycles. The Morgan fingerprint density at radius 2 is 0.333 bits per heavy atom. The summed E-state index contributed by atoms with van der Waals surface area (Å²) in [7, 11) is 0. The van der Waals surface area contributed by atoms with Gasteiger partial charge in [-0.2, -0.15) is 74.8 Å². The van der Waals surface area contributed by atoms with E-state index in [1.165, 1.54) is 50.1 Å². The van der Waals surface area contributed by atoms with Gasteiger partial charge in [0.2, 0.25) is 89.2 Å². The number of benzene rings is 15. The average Bonchev–Trinajstić information content (AvgIpc) is 0.840. The Hall–Kier alpha value is -19.4. The molecule has 0 unspecified atom stereocenters. The highest BCUT2D eigenvalue weighted by molar-refractivity contribution is 6.33. The first-order chi connectivity index (χ1) is 72.9. The number of aryl methyl sites for hydroxylation is 13. The van der Waals surface area contributed by atoms with Crippen molar-refractivity contribution in [2.75, 3.05) is 79.8 Å². The van der Waals surface area contributed by atoms with Crippen LogP contribution in [0.5, 0.6) is 0 Å². The number of nitrogens with zero attached hydrogens (tertiary/aromatic N) is 15. The van der Waals surface area contributed by atoms with Crippen LogP contribution in [0.1, 0.15) is 79.2 Å². The third-order valence-corrected chi connectivity index (χ3v) is 23.2. The normalized spacial score (nSPS) is 10.5. The van der Waals surface area contributed by atoms with Crippen molar-refractivity contribution < 1.29 is 0 Å². The van der Waals surface area contributed by atoms with Gasteiger partial charge in [-0.3, -0.25) is 0 Å². The quantitative estimate of drug-likeness (QED) is 0.0192. The van der Waals surface area contributed by atoms with E-state index >= 15 is 0 Å². The zero-order valence-electron chi connectivity index (χ0n) is 85.5. The van der Waals surface area contributed by atoms with Crippen molar-refractivity contribution >= 4 is 186 Å². The molecule has 15 aromatic carbocycles. The maximum absolute atomic E-state index is 6.28. The molecule has 0 amide bonds. The maximum atomic E-state index is 6.28. The molecule has 0 fully saturated rings. The van der Waals surface area contributed by atoms with E-state index in [2.05, 4.69) is 209 Å². The molecular formula is C119H117ClN30. The van der Waals surface area contributed by atoms with Crippen LogP contribution in [0.4, 0.5) is 175 Å². The van der Waals surface area contributed by atoms with Crippen molar-refractivity contribution in [3.8, 4) is 0 Å². The SMILES string of the molecule is CCc1ccccc1Nc1nc(Nc2ccc(C)cc2)nc(Nc2ccc(C)cc2)n1.Cc1ccc(Nc2nc(Nc3ccc(C)cc3)nc(Nc3cccc(C)c3)n2)cc1.Cc1ccc(Nc2nc(Nc3ccc(C)cc3)nc(Nc3ccccc3C)n2)cc1.Cc1ccc(Nc2nc(Nc3ccc(C)cc3)nc(Nc3ccccc3Cl)n2)cc1.Cc1ccccc1Nc1nc(Nc2ccccc2)nc(Nc2ccccc2C)n1. The fraction of sp³-hybridized carbons (Fsp3) is 0.118. The Balaban J connectivity index is 0.000000133. The van der Waals surface area contributed by atoms with E-state index in [0.29, 0.717) is 99.9 Å². The zero-order chi connectivity index (χ0) is 104. The first-order valence-electron chi connectivity index (χ1n) is 48.9. The van der Waals surface area contributed by atoms with Crippen LogP contribution in [0.15, 0.2) is 370 Å². The molecule has 150 heavy (non-hydrogen) atoms. The summed E-state index contributed by atoms with van der Waals surface area (Å²) < 4.78 is 0. The monoisotopic (exact) mass is 2000 g/mol. The Morgan fingerprint density at radius 1 is 0.153 bits per heavy atom. The maximum Gasteiger partial charge on any atom is 0.233 e. The molecule has 31 heteroatoms. The van der Waals surface area contributed by atoms with Gasteiger partial charge in [0.1, 0.15) is 0 Å². The van der Waals surface area contributed by atoms with Crippen LogP contribution in [0, 0.1) is 83.1 Å². The molecule has 5 aromatic heterocycles. The van der Waals surface area contributed by atoms with E-state index in [1.54, 1.807) is 0 Å². The van der Waals surface area contributed by atoms with Crippen molar-refractivity contribution in [2.24, 2.45) is 0 Å². The molecule has 0 bridgehead atoms. The fourth-order valence-electron chi connectivity index (χ4n) is 14.6. The smallest absolute Gasteiger partial charge is 0.233 e. The van der Waals surface area contributed by atoms with E-state index in [9.17, 15) is 0 Å². The lowest BCUT2D eigenvalue weighted by atomic mass is 10.1. The lowest BCUT2D eigenvalue weighted by Crippen LogP contribution is -2.08. The first kappa shape index (κ1) is 104. The highest BCUT2D eigenvalue weighted by Crippen LogP contribution is 2.33. The van der Waals surface area contributed by atoms with Crippen molar-refractivity contribution in [1.82, 2.24) is 74.8 Å². The molecule has 0 aliphatic rings. The molecule has 15 N–H and O–H groups in total. The van der Waals surface area contributed by atoms with Crippen LogP contribution >= 0.6 is 11.6 Å². The number of nitrogens with one attached hydrogen (secondary N) is 15. The van der Waals surface area contributed by atoms with Crippen LogP contribution in [-0.4, -0.2) is 74.8 Å². The molecule has 0 aliphatic carbocycles. The Kier molecular flexibility index (Phi) is 35.4. The summed E-state index contributed by atoms with van der Waals surface area (Å²) in [4.78, 5) is 68.2. The van der Waals surface area contributed by atoms with Gasteiger partial charge in [-0.15, -0.1) is 0 Å². The molecule has 20 rings (SSSR count). The summed E-state index contributed by atoms with van der Waals surface area (Å²) in [5, 5.41) is 49.6. The predicted octanol–water partition coefficient (Wildman–Crippen LogP) is 30.4. The molecule has 0 atom stereocenters. The van der Waals surface area contributed by atoms with Gasteiger partial charge in [0, 0.05) is 79.6 Å². The second kappa shape index (κ2) is 51.2. The molecular weight excluding hydrogens is 1880 g/mol. The van der Waals surface area contributed by atoms with Crippen molar-refractivity contribution in [2.45, 2.75) is 96.4 Å². The third kappa shape index (κ3) is 32.1. The second-order valence-electron chi connectivity index (χ2n) is 35.5. The van der Waals surface area contributed by atoms with E-state index in [-0.39, 0.29) is 0 Å². The Labute approximate surface area is 878 Å². The van der Waals surface area contributed by atoms with E-state index < -0.39 is 0 Å². The van der Waals surface area contributed by atoms with Gasteiger partial charge in [0.25, 0.3) is 0 Å². The van der Waals surface area contributed by atoms with Gasteiger partial charge in [-0.05, 0) is 275 Å². The van der Waals surface area contributed by atoms with Crippen LogP contribution in [0.2, 0.25) is 5.02 Å². The molecule has 0 radical (unpaired) electrons. The topological polar surface area (TPSA) is 374 Å². The standard InChI is InChI=1S/C25H26N6.2C24H24N6.C23H21ClN6.C23H22N6/c1-4-19-7-5-6-8-22(19)28-25-30-23(26-20-13-9-17(2)10-14-20)29-24(31-25)27-21-15-11-18(3)12-16-21;1-16-7-11-19(12-8-16)25-22-28-23(26-20-13-9-17(2)10-14-20)30-24(29-22)27-21-6-4-5-18(3)15-21;1-16-8-12-19(13-9-16)25-22-28-23(26-20-14-10-17(2)11-15-20)30-24(29-22)27-21-7-5-4-6-18(21)3;1-15-7-11-17(12-8-15)25-21-28-22(26-18-13-9-16(2)10-14-18)30-23(29-21)27-20-6-4-3-5-19(20)24;1-16-10-6-8-14-19(16)25-22-27-21(24-18-12-4-3-5-13-18)28-23(29-22)26-20-15-9-7-11-17(20)2/h5-16H,4H2,1-3H3,(H3,26,27,28,29,30,31);2*4-15H,1-3H3,(H3,25,26,27,28,29,30);3-14H,1-2H3,(H3,25,26,27,28,29,30);3-15H,1-2H3,(H3,24,25,26,27,28,29). The molecule has 0 saturated heterocycles. The lowest BCUT2D eigenvalue weighted by molar-refractivity contribution is 1.06. The highest BCUT2D eigenvalue weighted by atomic mass is 35.5. The number of para-hydroxylation sites is 6. The number of hydrogen-bond acceptors (Lipinski definition) is 30. The second-order valence-corrected chi connectivity index (χ2v) is 35.9. The summed E-state index contributed by atoms with van der Waals surface area (Å²) >= 11 is 6.28. The molecule has 0 spiro atoms. The van der Waals surface area contributed by atoms with Crippen molar-refractivity contribution in [3.05, 3.63) is 447 Å². The summed E-state index contributed by atoms with van der Waals surface area (Å²) in [6.45, 7) is 26.7. The Morgan fingerprint density at radius 3 is 0.567 bits per heavy atom. The van der Waals surface area contributed by atoms with Crippen LogP contribution < -0.4 is 79.8 Å². The highest BCUT2D eigenvalue weighted by Gasteiger charge is 2.18. The van der Waals surface area contributed by atoms with Crippen molar-refractivity contribution in [3.63, 3.8) is 0 Å². The fourth-order valence-corrected chi connectivity index (χ4v) is 14.8. The van der Waals surface area contributed by atoms with Gasteiger partial charge >= 0.3 is 0 Å². The number of aromatic nitrogens is 15. The number of rotatable bonds is 31. The summed E-state index contributed by atoms with van der Waals surface area (Å²) in [6, 6.07) is 122. The minimum atomic E-state index is 0.377. The summed E-state index contributed by atoms with van der Waals surface area (Å²) in [5.74, 6) is 6.74.